The zero-order valence-electron chi connectivity index (χ0n) is 11.9. The van der Waals surface area contributed by atoms with E-state index in [1.807, 2.05) is 25.0 Å². The Morgan fingerprint density at radius 2 is 2.05 bits per heavy atom. The van der Waals surface area contributed by atoms with Crippen LogP contribution in [0.15, 0.2) is 0 Å². The topological polar surface area (TPSA) is 59.2 Å². The van der Waals surface area contributed by atoms with Crippen molar-refractivity contribution in [1.29, 1.82) is 0 Å². The molecule has 0 atom stereocenters. The molecule has 1 aliphatic rings. The summed E-state index contributed by atoms with van der Waals surface area (Å²) in [6, 6.07) is 0. The Balaban J connectivity index is 2.09. The summed E-state index contributed by atoms with van der Waals surface area (Å²) in [6.45, 7) is 5.22. The van der Waals surface area contributed by atoms with Gasteiger partial charge in [0.2, 0.25) is 0 Å². The number of hydrogen-bond acceptors (Lipinski definition) is 5. The smallest absolute Gasteiger partial charge is 0.265 e. The normalized spacial score (nSPS) is 18.1. The quantitative estimate of drug-likeness (QED) is 0.863. The highest BCUT2D eigenvalue weighted by Gasteiger charge is 2.38. The van der Waals surface area contributed by atoms with Crippen molar-refractivity contribution in [3.8, 4) is 0 Å². The summed E-state index contributed by atoms with van der Waals surface area (Å²) >= 11 is 8.37. The molecule has 1 aromatic heterocycles. The van der Waals surface area contributed by atoms with Gasteiger partial charge < -0.3 is 10.6 Å². The van der Waals surface area contributed by atoms with Gasteiger partial charge in [-0.15, -0.1) is 11.3 Å². The van der Waals surface area contributed by atoms with Crippen LogP contribution in [-0.4, -0.2) is 44.9 Å². The van der Waals surface area contributed by atoms with Crippen molar-refractivity contribution in [2.75, 3.05) is 19.3 Å². The molecule has 110 valence electrons. The number of thioether (sulfide) groups is 1. The lowest BCUT2D eigenvalue weighted by molar-refractivity contribution is 0.0723. The SMILES string of the molecule is CSC1(C(N)=S)CCN(C(=O)c2sc(C)nc2C)CC1. The van der Waals surface area contributed by atoms with Crippen molar-refractivity contribution < 1.29 is 4.79 Å². The first-order chi connectivity index (χ1) is 9.39. The van der Waals surface area contributed by atoms with Crippen molar-refractivity contribution in [2.24, 2.45) is 5.73 Å². The Hall–Kier alpha value is -0.660. The number of thiocarbonyl (C=S) groups is 1. The van der Waals surface area contributed by atoms with E-state index in [1.165, 1.54) is 11.3 Å². The molecule has 2 N–H and O–H groups in total. The summed E-state index contributed by atoms with van der Waals surface area (Å²) in [5, 5.41) is 0.935. The maximum atomic E-state index is 12.5. The first-order valence-corrected chi connectivity index (χ1v) is 8.93. The third-order valence-electron chi connectivity index (χ3n) is 3.80. The summed E-state index contributed by atoms with van der Waals surface area (Å²) in [5.41, 5.74) is 6.70. The number of aryl methyl sites for hydroxylation is 2. The van der Waals surface area contributed by atoms with E-state index >= 15 is 0 Å². The molecule has 1 fully saturated rings. The van der Waals surface area contributed by atoms with Crippen LogP contribution in [0.5, 0.6) is 0 Å². The van der Waals surface area contributed by atoms with E-state index in [-0.39, 0.29) is 10.7 Å². The van der Waals surface area contributed by atoms with Gasteiger partial charge in [0.1, 0.15) is 4.88 Å². The molecule has 2 heterocycles. The molecule has 1 amide bonds. The Labute approximate surface area is 133 Å². The van der Waals surface area contributed by atoms with E-state index in [2.05, 4.69) is 4.98 Å². The molecule has 0 saturated carbocycles. The highest BCUT2D eigenvalue weighted by Crippen LogP contribution is 2.35. The van der Waals surface area contributed by atoms with Crippen molar-refractivity contribution in [3.05, 3.63) is 15.6 Å². The van der Waals surface area contributed by atoms with Gasteiger partial charge in [-0.2, -0.15) is 11.8 Å². The zero-order chi connectivity index (χ0) is 14.9. The second-order valence-corrected chi connectivity index (χ2v) is 7.84. The van der Waals surface area contributed by atoms with Crippen LogP contribution in [0, 0.1) is 13.8 Å². The molecule has 2 rings (SSSR count). The minimum atomic E-state index is -0.148. The highest BCUT2D eigenvalue weighted by atomic mass is 32.2. The average Bonchev–Trinajstić information content (AvgIpc) is 2.76. The predicted molar refractivity (Wildman–Crippen MR) is 89.8 cm³/mol. The molecule has 0 spiro atoms. The lowest BCUT2D eigenvalue weighted by Gasteiger charge is -2.39. The Morgan fingerprint density at radius 3 is 2.45 bits per heavy atom. The number of rotatable bonds is 3. The van der Waals surface area contributed by atoms with Gasteiger partial charge in [-0.3, -0.25) is 4.79 Å². The zero-order valence-corrected chi connectivity index (χ0v) is 14.4. The van der Waals surface area contributed by atoms with Crippen LogP contribution in [0.2, 0.25) is 0 Å². The van der Waals surface area contributed by atoms with Crippen molar-refractivity contribution in [3.63, 3.8) is 0 Å². The van der Waals surface area contributed by atoms with Gasteiger partial charge in [-0.05, 0) is 32.9 Å². The van der Waals surface area contributed by atoms with Gasteiger partial charge in [-0.1, -0.05) is 12.2 Å². The van der Waals surface area contributed by atoms with Crippen LogP contribution in [0.3, 0.4) is 0 Å². The maximum absolute atomic E-state index is 12.5. The van der Waals surface area contributed by atoms with Crippen molar-refractivity contribution in [1.82, 2.24) is 9.88 Å². The number of piperidine rings is 1. The summed E-state index contributed by atoms with van der Waals surface area (Å²) in [4.78, 5) is 20.1. The summed E-state index contributed by atoms with van der Waals surface area (Å²) in [7, 11) is 0. The minimum Gasteiger partial charge on any atom is -0.392 e. The second kappa shape index (κ2) is 5.99. The minimum absolute atomic E-state index is 0.0887. The average molecular weight is 330 g/mol. The standard InChI is InChI=1S/C13H19N3OS3/c1-8-10(20-9(2)15-8)11(17)16-6-4-13(19-3,5-7-16)12(14)18/h4-7H2,1-3H3,(H2,14,18). The van der Waals surface area contributed by atoms with Gasteiger partial charge in [0.15, 0.2) is 0 Å². The molecule has 0 unspecified atom stereocenters. The third kappa shape index (κ3) is 2.84. The van der Waals surface area contributed by atoms with Gasteiger partial charge >= 0.3 is 0 Å². The number of nitrogens with zero attached hydrogens (tertiary/aromatic N) is 2. The molecule has 7 heteroatoms. The molecular weight excluding hydrogens is 310 g/mol. The van der Waals surface area contributed by atoms with Crippen LogP contribution in [-0.2, 0) is 0 Å². The molecule has 1 aromatic rings. The van der Waals surface area contributed by atoms with Gasteiger partial charge in [-0.25, -0.2) is 4.98 Å². The van der Waals surface area contributed by atoms with Gasteiger partial charge in [0, 0.05) is 13.1 Å². The number of aromatic nitrogens is 1. The number of likely N-dealkylation sites (tertiary alicyclic amines) is 1. The fraction of sp³-hybridized carbons (Fsp3) is 0.615. The molecule has 0 aliphatic carbocycles. The second-order valence-electron chi connectivity index (χ2n) is 5.00. The van der Waals surface area contributed by atoms with Crippen LogP contribution >= 0.6 is 35.3 Å². The van der Waals surface area contributed by atoms with Crippen molar-refractivity contribution >= 4 is 46.2 Å². The Bertz CT molecular complexity index is 533. The van der Waals surface area contributed by atoms with Crippen molar-refractivity contribution in [2.45, 2.75) is 31.4 Å². The van der Waals surface area contributed by atoms with Crippen LogP contribution in [0.25, 0.3) is 0 Å². The lowest BCUT2D eigenvalue weighted by atomic mass is 9.95. The monoisotopic (exact) mass is 329 g/mol. The number of carbonyl (C=O) groups excluding carboxylic acids is 1. The number of thiazole rings is 1. The first kappa shape index (κ1) is 15.7. The summed E-state index contributed by atoms with van der Waals surface area (Å²) in [5.74, 6) is 0.0887. The van der Waals surface area contributed by atoms with E-state index in [0.29, 0.717) is 18.1 Å². The lowest BCUT2D eigenvalue weighted by Crippen LogP contribution is -2.50. The van der Waals surface area contributed by atoms with E-state index in [0.717, 1.165) is 28.4 Å². The highest BCUT2D eigenvalue weighted by molar-refractivity contribution is 8.02. The molecule has 0 radical (unpaired) electrons. The van der Waals surface area contributed by atoms with Crippen LogP contribution in [0.4, 0.5) is 0 Å². The van der Waals surface area contributed by atoms with E-state index < -0.39 is 0 Å². The largest absolute Gasteiger partial charge is 0.392 e. The number of nitrogens with two attached hydrogens (primary N) is 1. The molecular formula is C13H19N3OS3. The molecule has 1 saturated heterocycles. The van der Waals surface area contributed by atoms with Crippen LogP contribution < -0.4 is 5.73 Å². The van der Waals surface area contributed by atoms with Gasteiger partial charge in [0.05, 0.1) is 20.4 Å². The Kier molecular flexibility index (Phi) is 4.71. The summed E-state index contributed by atoms with van der Waals surface area (Å²) < 4.78 is -0.148. The molecule has 1 aliphatic heterocycles. The fourth-order valence-corrected chi connectivity index (χ4v) is 4.63. The molecule has 20 heavy (non-hydrogen) atoms. The van der Waals surface area contributed by atoms with Crippen LogP contribution in [0.1, 0.15) is 33.2 Å². The third-order valence-corrected chi connectivity index (χ3v) is 6.79. The maximum Gasteiger partial charge on any atom is 0.265 e. The molecule has 0 aromatic carbocycles. The Morgan fingerprint density at radius 1 is 1.45 bits per heavy atom. The number of hydrogen-bond donors (Lipinski definition) is 1. The van der Waals surface area contributed by atoms with Gasteiger partial charge in [0.25, 0.3) is 5.91 Å². The molecule has 0 bridgehead atoms. The fourth-order valence-electron chi connectivity index (χ4n) is 2.50. The number of amides is 1. The van der Waals surface area contributed by atoms with E-state index in [9.17, 15) is 4.79 Å². The summed E-state index contributed by atoms with van der Waals surface area (Å²) in [6.07, 6.45) is 3.69. The number of carbonyl (C=O) groups is 1. The van der Waals surface area contributed by atoms with E-state index in [4.69, 9.17) is 18.0 Å². The predicted octanol–water partition coefficient (Wildman–Crippen LogP) is 2.38. The van der Waals surface area contributed by atoms with E-state index in [1.54, 1.807) is 11.8 Å². The molecule has 4 nitrogen and oxygen atoms in total. The first-order valence-electron chi connectivity index (χ1n) is 6.48.